The monoisotopic (exact) mass is 176 g/mol. The van der Waals surface area contributed by atoms with E-state index in [1.165, 1.54) is 5.56 Å². The molecule has 3 rings (SSSR count). The Labute approximate surface area is 73.9 Å². The van der Waals surface area contributed by atoms with Crippen molar-refractivity contribution in [3.8, 4) is 5.88 Å². The summed E-state index contributed by atoms with van der Waals surface area (Å²) < 4.78 is 5.38. The van der Waals surface area contributed by atoms with E-state index >= 15 is 0 Å². The summed E-state index contributed by atoms with van der Waals surface area (Å²) in [5.41, 5.74) is 7.48. The summed E-state index contributed by atoms with van der Waals surface area (Å²) in [6, 6.07) is 0. The molecule has 3 N–H and O–H groups in total. The van der Waals surface area contributed by atoms with Gasteiger partial charge in [0.2, 0.25) is 11.8 Å². The highest BCUT2D eigenvalue weighted by atomic mass is 16.5. The summed E-state index contributed by atoms with van der Waals surface area (Å²) in [6.45, 7) is 0.663. The number of nitrogens with two attached hydrogens (primary N) is 1. The van der Waals surface area contributed by atoms with Crippen LogP contribution in [-0.2, 0) is 6.42 Å². The molecule has 0 saturated heterocycles. The quantitative estimate of drug-likeness (QED) is 0.611. The molecule has 0 amide bonds. The summed E-state index contributed by atoms with van der Waals surface area (Å²) in [5, 5.41) is 0.973. The molecule has 0 unspecified atom stereocenters. The van der Waals surface area contributed by atoms with Crippen molar-refractivity contribution in [3.63, 3.8) is 0 Å². The van der Waals surface area contributed by atoms with E-state index in [9.17, 15) is 0 Å². The van der Waals surface area contributed by atoms with Crippen LogP contribution in [-0.4, -0.2) is 21.6 Å². The fourth-order valence-corrected chi connectivity index (χ4v) is 1.64. The number of ether oxygens (including phenoxy) is 1. The highest BCUT2D eigenvalue weighted by molar-refractivity contribution is 5.86. The van der Waals surface area contributed by atoms with Crippen molar-refractivity contribution in [2.75, 3.05) is 12.3 Å². The van der Waals surface area contributed by atoms with E-state index in [0.717, 1.165) is 17.5 Å². The highest BCUT2D eigenvalue weighted by Crippen LogP contribution is 2.29. The molecular formula is C8H8N4O. The van der Waals surface area contributed by atoms with Gasteiger partial charge in [-0.15, -0.1) is 0 Å². The minimum atomic E-state index is 0.248. The molecule has 5 heteroatoms. The smallest absolute Gasteiger partial charge is 0.228 e. The van der Waals surface area contributed by atoms with Crippen molar-refractivity contribution in [2.45, 2.75) is 6.42 Å². The van der Waals surface area contributed by atoms with Crippen LogP contribution in [0.4, 0.5) is 5.95 Å². The van der Waals surface area contributed by atoms with Gasteiger partial charge < -0.3 is 15.5 Å². The van der Waals surface area contributed by atoms with E-state index in [4.69, 9.17) is 10.5 Å². The first kappa shape index (κ1) is 6.71. The standard InChI is InChI=1S/C8H8N4O/c9-8-11-6-5-4(3-10-6)1-2-13-7(5)12-8/h3H,1-2H2,(H3,9,10,11,12). The molecule has 3 heterocycles. The van der Waals surface area contributed by atoms with Gasteiger partial charge in [0, 0.05) is 12.6 Å². The van der Waals surface area contributed by atoms with Crippen LogP contribution in [0.15, 0.2) is 6.20 Å². The lowest BCUT2D eigenvalue weighted by Crippen LogP contribution is -2.09. The molecule has 2 aromatic heterocycles. The Hall–Kier alpha value is -1.78. The van der Waals surface area contributed by atoms with Gasteiger partial charge in [0.1, 0.15) is 5.65 Å². The van der Waals surface area contributed by atoms with Crippen molar-refractivity contribution >= 4 is 17.0 Å². The second-order valence-corrected chi connectivity index (χ2v) is 3.02. The lowest BCUT2D eigenvalue weighted by atomic mass is 10.1. The lowest BCUT2D eigenvalue weighted by Gasteiger charge is -2.12. The Morgan fingerprint density at radius 2 is 2.38 bits per heavy atom. The molecule has 0 spiro atoms. The number of rotatable bonds is 0. The van der Waals surface area contributed by atoms with E-state index in [1.54, 1.807) is 0 Å². The number of nitrogens with zero attached hydrogens (tertiary/aromatic N) is 2. The molecule has 2 aromatic rings. The number of nitrogens with one attached hydrogen (secondary N) is 1. The first-order chi connectivity index (χ1) is 6.34. The summed E-state index contributed by atoms with van der Waals surface area (Å²) in [7, 11) is 0. The van der Waals surface area contributed by atoms with E-state index in [-0.39, 0.29) is 5.95 Å². The Kier molecular flexibility index (Phi) is 1.10. The average molecular weight is 176 g/mol. The van der Waals surface area contributed by atoms with E-state index in [1.807, 2.05) is 6.20 Å². The van der Waals surface area contributed by atoms with Crippen LogP contribution in [0.25, 0.3) is 11.0 Å². The molecule has 0 radical (unpaired) electrons. The predicted octanol–water partition coefficient (Wildman–Crippen LogP) is 0.475. The van der Waals surface area contributed by atoms with Crippen LogP contribution < -0.4 is 10.5 Å². The predicted molar refractivity (Wildman–Crippen MR) is 47.5 cm³/mol. The van der Waals surface area contributed by atoms with Crippen molar-refractivity contribution in [1.29, 1.82) is 0 Å². The topological polar surface area (TPSA) is 76.8 Å². The van der Waals surface area contributed by atoms with E-state index in [0.29, 0.717) is 12.5 Å². The molecule has 13 heavy (non-hydrogen) atoms. The van der Waals surface area contributed by atoms with E-state index < -0.39 is 0 Å². The maximum Gasteiger partial charge on any atom is 0.228 e. The molecule has 0 saturated carbocycles. The Morgan fingerprint density at radius 3 is 3.31 bits per heavy atom. The number of hydrogen-bond acceptors (Lipinski definition) is 4. The third kappa shape index (κ3) is 0.809. The maximum atomic E-state index is 5.51. The fraction of sp³-hybridized carbons (Fsp3) is 0.250. The van der Waals surface area contributed by atoms with Gasteiger partial charge in [-0.2, -0.15) is 9.97 Å². The lowest BCUT2D eigenvalue weighted by molar-refractivity contribution is 0.306. The van der Waals surface area contributed by atoms with Crippen LogP contribution in [0.2, 0.25) is 0 Å². The summed E-state index contributed by atoms with van der Waals surface area (Å²) in [5.74, 6) is 0.850. The minimum absolute atomic E-state index is 0.248. The van der Waals surface area contributed by atoms with Crippen LogP contribution >= 0.6 is 0 Å². The van der Waals surface area contributed by atoms with Gasteiger partial charge in [0.15, 0.2) is 0 Å². The van der Waals surface area contributed by atoms with Gasteiger partial charge in [0.05, 0.1) is 12.0 Å². The number of nitrogen functional groups attached to an aromatic ring is 1. The summed E-state index contributed by atoms with van der Waals surface area (Å²) in [6.07, 6.45) is 2.84. The molecule has 0 aliphatic carbocycles. The first-order valence-corrected chi connectivity index (χ1v) is 4.11. The van der Waals surface area contributed by atoms with Gasteiger partial charge in [-0.3, -0.25) is 0 Å². The highest BCUT2D eigenvalue weighted by Gasteiger charge is 2.17. The zero-order valence-electron chi connectivity index (χ0n) is 6.87. The van der Waals surface area contributed by atoms with Gasteiger partial charge in [0.25, 0.3) is 0 Å². The van der Waals surface area contributed by atoms with Crippen molar-refractivity contribution in [3.05, 3.63) is 11.8 Å². The molecule has 5 nitrogen and oxygen atoms in total. The van der Waals surface area contributed by atoms with Gasteiger partial charge >= 0.3 is 0 Å². The molecule has 1 aliphatic rings. The van der Waals surface area contributed by atoms with Crippen LogP contribution in [0.3, 0.4) is 0 Å². The van der Waals surface area contributed by atoms with E-state index in [2.05, 4.69) is 15.0 Å². The summed E-state index contributed by atoms with van der Waals surface area (Å²) in [4.78, 5) is 11.1. The third-order valence-electron chi connectivity index (χ3n) is 2.21. The third-order valence-corrected chi connectivity index (χ3v) is 2.21. The Bertz CT molecular complexity index is 476. The molecule has 0 aromatic carbocycles. The molecule has 66 valence electrons. The Balaban J connectivity index is 2.47. The second-order valence-electron chi connectivity index (χ2n) is 3.02. The van der Waals surface area contributed by atoms with Gasteiger partial charge in [-0.25, -0.2) is 0 Å². The zero-order valence-corrected chi connectivity index (χ0v) is 6.87. The fourth-order valence-electron chi connectivity index (χ4n) is 1.64. The van der Waals surface area contributed by atoms with Crippen LogP contribution in [0.5, 0.6) is 5.88 Å². The van der Waals surface area contributed by atoms with Crippen molar-refractivity contribution in [1.82, 2.24) is 15.0 Å². The number of anilines is 1. The largest absolute Gasteiger partial charge is 0.477 e. The molecular weight excluding hydrogens is 168 g/mol. The average Bonchev–Trinajstić information content (AvgIpc) is 2.50. The van der Waals surface area contributed by atoms with Crippen molar-refractivity contribution < 1.29 is 4.74 Å². The first-order valence-electron chi connectivity index (χ1n) is 4.11. The second kappa shape index (κ2) is 2.12. The molecule has 0 fully saturated rings. The molecule has 0 bridgehead atoms. The van der Waals surface area contributed by atoms with Gasteiger partial charge in [-0.05, 0) is 5.56 Å². The van der Waals surface area contributed by atoms with Crippen LogP contribution in [0, 0.1) is 0 Å². The van der Waals surface area contributed by atoms with Crippen LogP contribution in [0.1, 0.15) is 5.56 Å². The number of aromatic nitrogens is 3. The zero-order chi connectivity index (χ0) is 8.84. The normalized spacial score (nSPS) is 14.5. The SMILES string of the molecule is Nc1nc2c3c(c[nH]c3n1)CCO2. The Morgan fingerprint density at radius 1 is 1.46 bits per heavy atom. The minimum Gasteiger partial charge on any atom is -0.477 e. The number of hydrogen-bond donors (Lipinski definition) is 2. The van der Waals surface area contributed by atoms with Crippen molar-refractivity contribution in [2.24, 2.45) is 0 Å². The number of aromatic amines is 1. The maximum absolute atomic E-state index is 5.51. The molecule has 1 aliphatic heterocycles. The molecule has 0 atom stereocenters. The summed E-state index contributed by atoms with van der Waals surface area (Å²) >= 11 is 0. The van der Waals surface area contributed by atoms with Gasteiger partial charge in [-0.1, -0.05) is 0 Å². The number of H-pyrrole nitrogens is 1.